The number of rotatable bonds is 1. The summed E-state index contributed by atoms with van der Waals surface area (Å²) < 4.78 is 0. The Morgan fingerprint density at radius 2 is 1.90 bits per heavy atom. The lowest BCUT2D eigenvalue weighted by molar-refractivity contribution is -0.143. The normalized spacial score (nSPS) is 17.8. The van der Waals surface area contributed by atoms with Gasteiger partial charge in [0.25, 0.3) is 17.4 Å². The first-order valence-corrected chi connectivity index (χ1v) is 5.71. The fourth-order valence-corrected chi connectivity index (χ4v) is 1.82. The van der Waals surface area contributed by atoms with E-state index in [2.05, 4.69) is 10.3 Å². The van der Waals surface area contributed by atoms with Crippen LogP contribution in [0.25, 0.3) is 0 Å². The summed E-state index contributed by atoms with van der Waals surface area (Å²) in [6.07, 6.45) is 0.955. The third-order valence-corrected chi connectivity index (χ3v) is 3.08. The number of carbonyl (C=O) groups excluding carboxylic acids is 3. The van der Waals surface area contributed by atoms with E-state index in [-0.39, 0.29) is 12.1 Å². The number of hydrogen-bond donors (Lipinski definition) is 3. The second kappa shape index (κ2) is 4.44. The van der Waals surface area contributed by atoms with Gasteiger partial charge in [-0.05, 0) is 13.8 Å². The maximum Gasteiger partial charge on any atom is 0.325 e. The number of aromatic nitrogens is 2. The highest BCUT2D eigenvalue weighted by molar-refractivity contribution is 6.08. The second-order valence-electron chi connectivity index (χ2n) is 4.81. The Labute approximate surface area is 112 Å². The molecule has 0 aromatic carbocycles. The molecule has 1 aromatic heterocycles. The van der Waals surface area contributed by atoms with Gasteiger partial charge in [-0.25, -0.2) is 4.79 Å². The van der Waals surface area contributed by atoms with Crippen LogP contribution in [-0.4, -0.2) is 44.7 Å². The topological polar surface area (TPSA) is 132 Å². The maximum absolute atomic E-state index is 12.3. The van der Waals surface area contributed by atoms with Gasteiger partial charge >= 0.3 is 5.69 Å². The molecule has 1 aromatic rings. The van der Waals surface area contributed by atoms with E-state index in [1.54, 1.807) is 0 Å². The van der Waals surface area contributed by atoms with Gasteiger partial charge in [0.2, 0.25) is 5.91 Å². The summed E-state index contributed by atoms with van der Waals surface area (Å²) in [5.74, 6) is -2.08. The summed E-state index contributed by atoms with van der Waals surface area (Å²) in [6, 6.07) is 0. The molecule has 0 aliphatic carbocycles. The maximum atomic E-state index is 12.3. The van der Waals surface area contributed by atoms with Crippen LogP contribution in [0.15, 0.2) is 15.8 Å². The van der Waals surface area contributed by atoms with Crippen molar-refractivity contribution in [3.8, 4) is 0 Å². The van der Waals surface area contributed by atoms with Gasteiger partial charge in [-0.1, -0.05) is 0 Å². The number of nitrogens with zero attached hydrogens (tertiary/aromatic N) is 1. The predicted octanol–water partition coefficient (Wildman–Crippen LogP) is -2.06. The average molecular weight is 280 g/mol. The summed E-state index contributed by atoms with van der Waals surface area (Å²) in [6.45, 7) is 2.55. The zero-order valence-electron chi connectivity index (χ0n) is 10.8. The molecule has 0 unspecified atom stereocenters. The molecule has 106 valence electrons. The first kappa shape index (κ1) is 13.7. The molecule has 3 amide bonds. The Hall–Kier alpha value is -2.71. The molecule has 2 rings (SSSR count). The van der Waals surface area contributed by atoms with Crippen LogP contribution in [0.3, 0.4) is 0 Å². The van der Waals surface area contributed by atoms with Crippen molar-refractivity contribution in [2.24, 2.45) is 0 Å². The van der Waals surface area contributed by atoms with E-state index in [0.717, 1.165) is 11.1 Å². The molecule has 0 saturated carbocycles. The fraction of sp³-hybridized carbons (Fsp3) is 0.364. The van der Waals surface area contributed by atoms with E-state index in [9.17, 15) is 24.0 Å². The van der Waals surface area contributed by atoms with Gasteiger partial charge < -0.3 is 9.88 Å². The summed E-state index contributed by atoms with van der Waals surface area (Å²) in [5, 5.41) is 2.11. The van der Waals surface area contributed by atoms with E-state index < -0.39 is 34.5 Å². The minimum Gasteiger partial charge on any atom is -0.315 e. The third kappa shape index (κ3) is 2.13. The van der Waals surface area contributed by atoms with Crippen LogP contribution >= 0.6 is 0 Å². The van der Waals surface area contributed by atoms with Gasteiger partial charge in [-0.15, -0.1) is 0 Å². The lowest BCUT2D eigenvalue weighted by Gasteiger charge is -2.39. The highest BCUT2D eigenvalue weighted by atomic mass is 16.2. The third-order valence-electron chi connectivity index (χ3n) is 3.08. The molecule has 3 N–H and O–H groups in total. The number of nitrogens with one attached hydrogen (secondary N) is 3. The molecule has 1 aliphatic heterocycles. The molecule has 0 bridgehead atoms. The summed E-state index contributed by atoms with van der Waals surface area (Å²) in [5.41, 5.74) is -3.26. The van der Waals surface area contributed by atoms with Crippen LogP contribution in [0.2, 0.25) is 0 Å². The van der Waals surface area contributed by atoms with Crippen LogP contribution in [0.4, 0.5) is 0 Å². The molecule has 1 aliphatic rings. The minimum absolute atomic E-state index is 0.347. The van der Waals surface area contributed by atoms with Gasteiger partial charge in [0, 0.05) is 6.20 Å². The van der Waals surface area contributed by atoms with Crippen LogP contribution in [-0.2, 0) is 9.59 Å². The number of amides is 3. The highest BCUT2D eigenvalue weighted by Crippen LogP contribution is 2.19. The Morgan fingerprint density at radius 3 is 2.50 bits per heavy atom. The van der Waals surface area contributed by atoms with E-state index in [1.165, 1.54) is 13.8 Å². The number of imide groups is 1. The second-order valence-corrected chi connectivity index (χ2v) is 4.81. The molecule has 1 fully saturated rings. The standard InChI is InChI=1S/C11H12N4O5/c1-11(2)9(19)13-6(16)4-15(11)8(18)5-3-12-10(20)14-7(5)17/h3H,4H2,1-2H3,(H,13,16,19)(H2,12,14,17,20). The van der Waals surface area contributed by atoms with Crippen molar-refractivity contribution in [2.75, 3.05) is 6.54 Å². The quantitative estimate of drug-likeness (QED) is 0.509. The van der Waals surface area contributed by atoms with E-state index in [4.69, 9.17) is 0 Å². The lowest BCUT2D eigenvalue weighted by Crippen LogP contribution is -2.65. The lowest BCUT2D eigenvalue weighted by atomic mass is 9.98. The number of carbonyl (C=O) groups is 3. The Balaban J connectivity index is 2.46. The summed E-state index contributed by atoms with van der Waals surface area (Å²) in [4.78, 5) is 63.0. The first-order chi connectivity index (χ1) is 9.23. The molecule has 0 radical (unpaired) electrons. The zero-order valence-corrected chi connectivity index (χ0v) is 10.8. The van der Waals surface area contributed by atoms with Crippen molar-refractivity contribution >= 4 is 17.7 Å². The minimum atomic E-state index is -1.28. The SMILES string of the molecule is CC1(C)C(=O)NC(=O)CN1C(=O)c1c[nH]c(=O)[nH]c1=O. The van der Waals surface area contributed by atoms with Crippen molar-refractivity contribution in [1.82, 2.24) is 20.2 Å². The van der Waals surface area contributed by atoms with Crippen molar-refractivity contribution in [1.29, 1.82) is 0 Å². The van der Waals surface area contributed by atoms with Crippen molar-refractivity contribution < 1.29 is 14.4 Å². The van der Waals surface area contributed by atoms with Gasteiger partial charge in [0.15, 0.2) is 0 Å². The Morgan fingerprint density at radius 1 is 1.25 bits per heavy atom. The number of aromatic amines is 2. The van der Waals surface area contributed by atoms with Gasteiger partial charge in [0.1, 0.15) is 17.6 Å². The van der Waals surface area contributed by atoms with E-state index in [0.29, 0.717) is 0 Å². The Kier molecular flexibility index (Phi) is 3.04. The molecule has 0 atom stereocenters. The van der Waals surface area contributed by atoms with Crippen LogP contribution in [0.5, 0.6) is 0 Å². The molecule has 0 spiro atoms. The first-order valence-electron chi connectivity index (χ1n) is 5.71. The van der Waals surface area contributed by atoms with Gasteiger partial charge in [-0.2, -0.15) is 0 Å². The smallest absolute Gasteiger partial charge is 0.315 e. The fourth-order valence-electron chi connectivity index (χ4n) is 1.82. The number of hydrogen-bond acceptors (Lipinski definition) is 5. The van der Waals surface area contributed by atoms with Crippen LogP contribution in [0, 0.1) is 0 Å². The van der Waals surface area contributed by atoms with Crippen LogP contribution in [0.1, 0.15) is 24.2 Å². The highest BCUT2D eigenvalue weighted by Gasteiger charge is 2.44. The van der Waals surface area contributed by atoms with Gasteiger partial charge in [-0.3, -0.25) is 29.5 Å². The molecular formula is C11H12N4O5. The van der Waals surface area contributed by atoms with Crippen molar-refractivity contribution in [2.45, 2.75) is 19.4 Å². The number of H-pyrrole nitrogens is 2. The molecule has 20 heavy (non-hydrogen) atoms. The summed E-state index contributed by atoms with van der Waals surface area (Å²) in [7, 11) is 0. The van der Waals surface area contributed by atoms with Crippen molar-refractivity contribution in [3.05, 3.63) is 32.6 Å². The molecule has 2 heterocycles. The van der Waals surface area contributed by atoms with Crippen molar-refractivity contribution in [3.63, 3.8) is 0 Å². The molecule has 9 heteroatoms. The van der Waals surface area contributed by atoms with Gasteiger partial charge in [0.05, 0.1) is 0 Å². The predicted molar refractivity (Wildman–Crippen MR) is 65.9 cm³/mol. The molecule has 1 saturated heterocycles. The average Bonchev–Trinajstić information content (AvgIpc) is 2.33. The van der Waals surface area contributed by atoms with E-state index >= 15 is 0 Å². The van der Waals surface area contributed by atoms with E-state index in [1.807, 2.05) is 4.98 Å². The molecule has 9 nitrogen and oxygen atoms in total. The monoisotopic (exact) mass is 280 g/mol. The zero-order chi connectivity index (χ0) is 15.1. The largest absolute Gasteiger partial charge is 0.325 e. The Bertz CT molecular complexity index is 714. The molecular weight excluding hydrogens is 268 g/mol. The number of piperazine rings is 1. The summed E-state index contributed by atoms with van der Waals surface area (Å²) >= 11 is 0. The van der Waals surface area contributed by atoms with Crippen LogP contribution < -0.4 is 16.6 Å².